The first kappa shape index (κ1) is 19.6. The molecule has 1 N–H and O–H groups in total. The Hall–Kier alpha value is -2.70. The van der Waals surface area contributed by atoms with Gasteiger partial charge in [0.05, 0.1) is 12.2 Å². The van der Waals surface area contributed by atoms with Gasteiger partial charge in [-0.1, -0.05) is 48.0 Å². The van der Waals surface area contributed by atoms with Crippen molar-refractivity contribution in [2.75, 3.05) is 37.6 Å². The van der Waals surface area contributed by atoms with Crippen LogP contribution in [-0.2, 0) is 11.3 Å². The highest BCUT2D eigenvalue weighted by atomic mass is 32.1. The summed E-state index contributed by atoms with van der Waals surface area (Å²) >= 11 is 1.64. The lowest BCUT2D eigenvalue weighted by Crippen LogP contribution is -2.50. The number of carbonyl (C=O) groups is 1. The molecule has 0 spiro atoms. The average molecular weight is 407 g/mol. The van der Waals surface area contributed by atoms with Gasteiger partial charge < -0.3 is 15.1 Å². The van der Waals surface area contributed by atoms with E-state index in [9.17, 15) is 4.79 Å². The van der Waals surface area contributed by atoms with Gasteiger partial charge in [0, 0.05) is 49.4 Å². The Labute approximate surface area is 176 Å². The molecule has 0 radical (unpaired) electrons. The summed E-state index contributed by atoms with van der Waals surface area (Å²) in [5.74, 6) is 0.159. The van der Waals surface area contributed by atoms with Gasteiger partial charge in [0.15, 0.2) is 0 Å². The second-order valence-electron chi connectivity index (χ2n) is 7.32. The minimum absolute atomic E-state index is 0.159. The highest BCUT2D eigenvalue weighted by Gasteiger charge is 2.20. The molecule has 1 amide bonds. The van der Waals surface area contributed by atoms with E-state index in [-0.39, 0.29) is 5.91 Å². The molecular formula is C23H26N4OS. The third kappa shape index (κ3) is 5.02. The molecule has 4 rings (SSSR count). The van der Waals surface area contributed by atoms with Gasteiger partial charge in [0.1, 0.15) is 5.01 Å². The highest BCUT2D eigenvalue weighted by molar-refractivity contribution is 7.13. The Balaban J connectivity index is 1.22. The third-order valence-electron chi connectivity index (χ3n) is 5.19. The molecular weight excluding hydrogens is 380 g/mol. The second-order valence-corrected chi connectivity index (χ2v) is 8.18. The number of benzene rings is 2. The van der Waals surface area contributed by atoms with Crippen molar-refractivity contribution >= 4 is 22.9 Å². The molecule has 1 saturated heterocycles. The fourth-order valence-electron chi connectivity index (χ4n) is 3.48. The van der Waals surface area contributed by atoms with Crippen LogP contribution in [-0.4, -0.2) is 48.5 Å². The number of aryl methyl sites for hydroxylation is 1. The molecule has 29 heavy (non-hydrogen) atoms. The number of hydrogen-bond donors (Lipinski definition) is 1. The first-order chi connectivity index (χ1) is 14.2. The van der Waals surface area contributed by atoms with Crippen molar-refractivity contribution in [2.24, 2.45) is 0 Å². The number of amides is 1. The van der Waals surface area contributed by atoms with Crippen LogP contribution in [0.5, 0.6) is 0 Å². The van der Waals surface area contributed by atoms with Gasteiger partial charge in [-0.2, -0.15) is 0 Å². The maximum atomic E-state index is 12.5. The largest absolute Gasteiger partial charge is 0.368 e. The van der Waals surface area contributed by atoms with Gasteiger partial charge in [-0.25, -0.2) is 4.98 Å². The number of thiazole rings is 1. The van der Waals surface area contributed by atoms with Crippen LogP contribution in [0, 0.1) is 6.92 Å². The molecule has 5 nitrogen and oxygen atoms in total. The third-order valence-corrected chi connectivity index (χ3v) is 6.13. The first-order valence-corrected chi connectivity index (χ1v) is 10.9. The molecule has 1 aliphatic rings. The number of rotatable bonds is 6. The average Bonchev–Trinajstić information content (AvgIpc) is 3.24. The zero-order chi connectivity index (χ0) is 20.1. The molecule has 1 fully saturated rings. The number of carbonyl (C=O) groups excluding carboxylic acids is 1. The molecule has 0 bridgehead atoms. The van der Waals surface area contributed by atoms with Crippen LogP contribution in [0.1, 0.15) is 11.3 Å². The molecule has 0 unspecified atom stereocenters. The minimum Gasteiger partial charge on any atom is -0.368 e. The number of nitrogens with one attached hydrogen (secondary N) is 1. The number of piperazine rings is 1. The van der Waals surface area contributed by atoms with E-state index in [1.165, 1.54) is 11.3 Å². The lowest BCUT2D eigenvalue weighted by atomic mass is 10.2. The predicted molar refractivity (Wildman–Crippen MR) is 119 cm³/mol. The predicted octanol–water partition coefficient (Wildman–Crippen LogP) is 3.56. The van der Waals surface area contributed by atoms with Crippen molar-refractivity contribution in [3.63, 3.8) is 0 Å². The second kappa shape index (κ2) is 9.20. The lowest BCUT2D eigenvalue weighted by molar-refractivity contribution is -0.130. The summed E-state index contributed by atoms with van der Waals surface area (Å²) in [6.07, 6.45) is 0. The number of para-hydroxylation sites is 1. The number of anilines is 1. The number of hydrogen-bond acceptors (Lipinski definition) is 5. The van der Waals surface area contributed by atoms with Crippen LogP contribution in [0.4, 0.5) is 5.69 Å². The van der Waals surface area contributed by atoms with Gasteiger partial charge in [-0.15, -0.1) is 11.3 Å². The standard InChI is InChI=1S/C23H26N4OS/c1-18-7-9-19(10-8-18)23-25-20(17-29-23)15-24-16-22(28)27-13-11-26(12-14-27)21-5-3-2-4-6-21/h2-10,17,24H,11-16H2,1H3. The van der Waals surface area contributed by atoms with Crippen molar-refractivity contribution in [2.45, 2.75) is 13.5 Å². The van der Waals surface area contributed by atoms with E-state index >= 15 is 0 Å². The molecule has 0 atom stereocenters. The Morgan fingerprint density at radius 2 is 1.76 bits per heavy atom. The van der Waals surface area contributed by atoms with Crippen LogP contribution < -0.4 is 10.2 Å². The molecule has 0 saturated carbocycles. The minimum atomic E-state index is 0.159. The summed E-state index contributed by atoms with van der Waals surface area (Å²) < 4.78 is 0. The number of nitrogens with zero attached hydrogens (tertiary/aromatic N) is 3. The molecule has 1 aliphatic heterocycles. The van der Waals surface area contributed by atoms with Crippen molar-refractivity contribution in [3.8, 4) is 10.6 Å². The normalized spacial score (nSPS) is 14.2. The zero-order valence-corrected chi connectivity index (χ0v) is 17.5. The molecule has 150 valence electrons. The van der Waals surface area contributed by atoms with Crippen LogP contribution in [0.15, 0.2) is 60.0 Å². The number of aromatic nitrogens is 1. The van der Waals surface area contributed by atoms with Gasteiger partial charge in [-0.3, -0.25) is 4.79 Å². The Bertz CT molecular complexity index is 931. The van der Waals surface area contributed by atoms with Gasteiger partial charge in [0.25, 0.3) is 0 Å². The van der Waals surface area contributed by atoms with Crippen LogP contribution in [0.25, 0.3) is 10.6 Å². The smallest absolute Gasteiger partial charge is 0.236 e. The maximum absolute atomic E-state index is 12.5. The summed E-state index contributed by atoms with van der Waals surface area (Å²) in [6, 6.07) is 18.8. The summed E-state index contributed by atoms with van der Waals surface area (Å²) in [5.41, 5.74) is 4.59. The first-order valence-electron chi connectivity index (χ1n) is 9.99. The van der Waals surface area contributed by atoms with Crippen molar-refractivity contribution in [1.29, 1.82) is 0 Å². The molecule has 1 aromatic heterocycles. The fraction of sp³-hybridized carbons (Fsp3) is 0.304. The Kier molecular flexibility index (Phi) is 6.22. The summed E-state index contributed by atoms with van der Waals surface area (Å²) in [4.78, 5) is 21.5. The molecule has 2 aromatic carbocycles. The molecule has 2 heterocycles. The molecule has 3 aromatic rings. The fourth-order valence-corrected chi connectivity index (χ4v) is 4.30. The maximum Gasteiger partial charge on any atom is 0.236 e. The van der Waals surface area contributed by atoms with E-state index in [1.807, 2.05) is 11.0 Å². The van der Waals surface area contributed by atoms with Gasteiger partial charge in [0.2, 0.25) is 5.91 Å². The SMILES string of the molecule is Cc1ccc(-c2nc(CNCC(=O)N3CCN(c4ccccc4)CC3)cs2)cc1. The van der Waals surface area contributed by atoms with Gasteiger partial charge >= 0.3 is 0 Å². The van der Waals surface area contributed by atoms with Crippen molar-refractivity contribution < 1.29 is 4.79 Å². The van der Waals surface area contributed by atoms with E-state index in [4.69, 9.17) is 0 Å². The topological polar surface area (TPSA) is 48.5 Å². The highest BCUT2D eigenvalue weighted by Crippen LogP contribution is 2.24. The van der Waals surface area contributed by atoms with E-state index in [1.54, 1.807) is 11.3 Å². The van der Waals surface area contributed by atoms with E-state index in [0.717, 1.165) is 42.4 Å². The van der Waals surface area contributed by atoms with E-state index in [2.05, 4.69) is 76.0 Å². The Morgan fingerprint density at radius 3 is 2.48 bits per heavy atom. The summed E-state index contributed by atoms with van der Waals surface area (Å²) in [6.45, 7) is 6.33. The molecule has 0 aliphatic carbocycles. The quantitative estimate of drug-likeness (QED) is 0.680. The monoisotopic (exact) mass is 406 g/mol. The van der Waals surface area contributed by atoms with E-state index in [0.29, 0.717) is 13.1 Å². The summed E-state index contributed by atoms with van der Waals surface area (Å²) in [7, 11) is 0. The van der Waals surface area contributed by atoms with Crippen molar-refractivity contribution in [3.05, 3.63) is 71.2 Å². The van der Waals surface area contributed by atoms with Crippen LogP contribution in [0.2, 0.25) is 0 Å². The lowest BCUT2D eigenvalue weighted by Gasteiger charge is -2.36. The van der Waals surface area contributed by atoms with Crippen LogP contribution >= 0.6 is 11.3 Å². The van der Waals surface area contributed by atoms with Crippen molar-refractivity contribution in [1.82, 2.24) is 15.2 Å². The Morgan fingerprint density at radius 1 is 1.03 bits per heavy atom. The summed E-state index contributed by atoms with van der Waals surface area (Å²) in [5, 5.41) is 6.33. The van der Waals surface area contributed by atoms with Gasteiger partial charge in [-0.05, 0) is 19.1 Å². The van der Waals surface area contributed by atoms with Crippen LogP contribution in [0.3, 0.4) is 0 Å². The zero-order valence-electron chi connectivity index (χ0n) is 16.7. The molecule has 6 heteroatoms. The van der Waals surface area contributed by atoms with E-state index < -0.39 is 0 Å².